The second-order valence-electron chi connectivity index (χ2n) is 12.1. The summed E-state index contributed by atoms with van der Waals surface area (Å²) >= 11 is 20.7. The minimum Gasteiger partial charge on any atom is -0.506 e. The lowest BCUT2D eigenvalue weighted by molar-refractivity contribution is 0.209. The van der Waals surface area contributed by atoms with Crippen LogP contribution in [0.15, 0.2) is 73.2 Å². The van der Waals surface area contributed by atoms with E-state index in [2.05, 4.69) is 29.7 Å². The highest BCUT2D eigenvalue weighted by Gasteiger charge is 2.22. The zero-order valence-corrected chi connectivity index (χ0v) is 28.2. The molecule has 0 saturated carbocycles. The number of fused-ring (bicyclic) bond motifs is 3. The Bertz CT molecular complexity index is 1900. The van der Waals surface area contributed by atoms with Crippen molar-refractivity contribution >= 4 is 67.5 Å². The van der Waals surface area contributed by atoms with Gasteiger partial charge in [0.05, 0.1) is 15.1 Å². The van der Waals surface area contributed by atoms with E-state index in [-0.39, 0.29) is 17.2 Å². The number of halogens is 3. The normalized spacial score (nSPS) is 15.6. The Morgan fingerprint density at radius 1 is 0.479 bits per heavy atom. The van der Waals surface area contributed by atoms with Crippen molar-refractivity contribution in [1.82, 2.24) is 29.7 Å². The topological polar surface area (TPSA) is 109 Å². The first-order valence-electron chi connectivity index (χ1n) is 15.7. The fourth-order valence-corrected chi connectivity index (χ4v) is 7.30. The highest BCUT2D eigenvalue weighted by molar-refractivity contribution is 6.37. The van der Waals surface area contributed by atoms with Crippen LogP contribution in [0, 0.1) is 0 Å². The fraction of sp³-hybridized carbons (Fsp3) is 0.250. The molecule has 0 bridgehead atoms. The molecular formula is C36H33Cl3N6O3. The van der Waals surface area contributed by atoms with E-state index < -0.39 is 0 Å². The van der Waals surface area contributed by atoms with E-state index in [9.17, 15) is 15.3 Å². The summed E-state index contributed by atoms with van der Waals surface area (Å²) in [5.74, 6) is 0.286. The molecule has 7 rings (SSSR count). The summed E-state index contributed by atoms with van der Waals surface area (Å²) in [5.41, 5.74) is 3.88. The van der Waals surface area contributed by atoms with Gasteiger partial charge in [-0.25, -0.2) is 0 Å². The van der Waals surface area contributed by atoms with Crippen LogP contribution in [-0.4, -0.2) is 84.2 Å². The SMILES string of the molecule is Oc1cc(CN2CCN(Cc3cc(O)c4ncccc4c3Cl)CCN(Cc3cc(O)c4ncccc4c3Cl)CC2)c(Cl)c2cccnc12. The van der Waals surface area contributed by atoms with Gasteiger partial charge in [-0.15, -0.1) is 0 Å². The van der Waals surface area contributed by atoms with Crippen molar-refractivity contribution in [2.75, 3.05) is 39.3 Å². The maximum atomic E-state index is 10.8. The number of pyridine rings is 3. The van der Waals surface area contributed by atoms with Crippen LogP contribution < -0.4 is 0 Å². The summed E-state index contributed by atoms with van der Waals surface area (Å²) in [4.78, 5) is 19.9. The lowest BCUT2D eigenvalue weighted by Crippen LogP contribution is -2.35. The van der Waals surface area contributed by atoms with Crippen molar-refractivity contribution in [1.29, 1.82) is 0 Å². The number of hydrogen-bond donors (Lipinski definition) is 3. The molecule has 48 heavy (non-hydrogen) atoms. The number of phenols is 3. The lowest BCUT2D eigenvalue weighted by atomic mass is 10.1. The summed E-state index contributed by atoms with van der Waals surface area (Å²) in [6, 6.07) is 16.2. The summed E-state index contributed by atoms with van der Waals surface area (Å²) in [6.07, 6.45) is 4.91. The van der Waals surface area contributed by atoms with Gasteiger partial charge in [0.2, 0.25) is 0 Å². The van der Waals surface area contributed by atoms with Crippen LogP contribution in [-0.2, 0) is 19.6 Å². The molecule has 4 heterocycles. The Kier molecular flexibility index (Phi) is 9.42. The third-order valence-corrected chi connectivity index (χ3v) is 10.4. The molecule has 1 saturated heterocycles. The van der Waals surface area contributed by atoms with Crippen molar-refractivity contribution < 1.29 is 15.3 Å². The van der Waals surface area contributed by atoms with E-state index in [1.807, 2.05) is 36.4 Å². The van der Waals surface area contributed by atoms with E-state index in [0.717, 1.165) is 56.0 Å². The molecule has 0 amide bonds. The molecule has 0 atom stereocenters. The first-order chi connectivity index (χ1) is 23.3. The number of aromatic hydroxyl groups is 3. The maximum Gasteiger partial charge on any atom is 0.142 e. The number of nitrogens with zero attached hydrogens (tertiary/aromatic N) is 6. The zero-order valence-electron chi connectivity index (χ0n) is 26.0. The molecule has 1 aliphatic heterocycles. The van der Waals surface area contributed by atoms with Crippen molar-refractivity contribution in [2.24, 2.45) is 0 Å². The van der Waals surface area contributed by atoms with Gasteiger partial charge in [-0.1, -0.05) is 34.8 Å². The predicted molar refractivity (Wildman–Crippen MR) is 191 cm³/mol. The third kappa shape index (κ3) is 6.54. The third-order valence-electron chi connectivity index (χ3n) is 9.02. The molecular weight excluding hydrogens is 671 g/mol. The zero-order chi connectivity index (χ0) is 33.4. The van der Waals surface area contributed by atoms with Gasteiger partial charge in [0.15, 0.2) is 0 Å². The van der Waals surface area contributed by atoms with Gasteiger partial charge in [-0.2, -0.15) is 0 Å². The molecule has 3 N–H and O–H groups in total. The highest BCUT2D eigenvalue weighted by Crippen LogP contribution is 2.36. The maximum absolute atomic E-state index is 10.8. The largest absolute Gasteiger partial charge is 0.506 e. The molecule has 0 radical (unpaired) electrons. The van der Waals surface area contributed by atoms with Crippen molar-refractivity contribution in [2.45, 2.75) is 19.6 Å². The van der Waals surface area contributed by atoms with Gasteiger partial charge in [0.1, 0.15) is 33.8 Å². The Hall–Kier alpha value is -3.96. The van der Waals surface area contributed by atoms with Crippen LogP contribution in [0.4, 0.5) is 0 Å². The van der Waals surface area contributed by atoms with E-state index >= 15 is 0 Å². The van der Waals surface area contributed by atoms with Gasteiger partial charge in [0, 0.05) is 93.7 Å². The Balaban J connectivity index is 1.19. The predicted octanol–water partition coefficient (Wildman–Crippen LogP) is 7.23. The molecule has 1 aliphatic rings. The first kappa shape index (κ1) is 32.6. The molecule has 246 valence electrons. The van der Waals surface area contributed by atoms with Crippen molar-refractivity contribution in [3.63, 3.8) is 0 Å². The number of phenolic OH excluding ortho intramolecular Hbond substituents is 3. The van der Waals surface area contributed by atoms with Crippen molar-refractivity contribution in [3.8, 4) is 17.2 Å². The Morgan fingerprint density at radius 2 is 0.750 bits per heavy atom. The van der Waals surface area contributed by atoms with Gasteiger partial charge < -0.3 is 15.3 Å². The van der Waals surface area contributed by atoms with Crippen molar-refractivity contribution in [3.05, 3.63) is 105 Å². The van der Waals surface area contributed by atoms with Crippen LogP contribution >= 0.6 is 34.8 Å². The molecule has 6 aromatic rings. The minimum atomic E-state index is 0.0954. The van der Waals surface area contributed by atoms with E-state index in [0.29, 0.717) is 67.4 Å². The molecule has 0 unspecified atom stereocenters. The molecule has 9 nitrogen and oxygen atoms in total. The standard InChI is InChI=1S/C36H33Cl3N6O3/c37-31-22(16-28(46)34-25(31)4-1-7-40-34)19-43-10-12-44(20-23-17-29(47)35-26(32(23)38)5-2-8-41-35)14-15-45(13-11-43)21-24-18-30(48)36-27(33(24)39)6-3-9-42-36/h1-9,16-18,46-48H,10-15,19-21H2. The van der Waals surface area contributed by atoms with Gasteiger partial charge >= 0.3 is 0 Å². The summed E-state index contributed by atoms with van der Waals surface area (Å²) in [5, 5.41) is 36.2. The monoisotopic (exact) mass is 702 g/mol. The summed E-state index contributed by atoms with van der Waals surface area (Å²) in [6.45, 7) is 5.88. The lowest BCUT2D eigenvalue weighted by Gasteiger charge is -2.27. The van der Waals surface area contributed by atoms with E-state index in [4.69, 9.17) is 34.8 Å². The number of rotatable bonds is 6. The summed E-state index contributed by atoms with van der Waals surface area (Å²) < 4.78 is 0. The number of benzene rings is 3. The second kappa shape index (κ2) is 13.9. The van der Waals surface area contributed by atoms with E-state index in [1.54, 1.807) is 36.8 Å². The molecule has 0 aliphatic carbocycles. The molecule has 3 aromatic heterocycles. The number of hydrogen-bond acceptors (Lipinski definition) is 9. The fourth-order valence-electron chi connectivity index (χ4n) is 6.49. The molecule has 1 fully saturated rings. The van der Waals surface area contributed by atoms with Crippen LogP contribution in [0.3, 0.4) is 0 Å². The minimum absolute atomic E-state index is 0.0954. The molecule has 0 spiro atoms. The second-order valence-corrected chi connectivity index (χ2v) is 13.3. The van der Waals surface area contributed by atoms with Crippen LogP contribution in [0.25, 0.3) is 32.7 Å². The molecule has 12 heteroatoms. The summed E-state index contributed by atoms with van der Waals surface area (Å²) in [7, 11) is 0. The Labute approximate surface area is 292 Å². The average molecular weight is 704 g/mol. The first-order valence-corrected chi connectivity index (χ1v) is 16.8. The Morgan fingerprint density at radius 3 is 1.02 bits per heavy atom. The molecule has 3 aromatic carbocycles. The van der Waals surface area contributed by atoms with Crippen LogP contribution in [0.1, 0.15) is 16.7 Å². The smallest absolute Gasteiger partial charge is 0.142 e. The van der Waals surface area contributed by atoms with Crippen LogP contribution in [0.2, 0.25) is 15.1 Å². The van der Waals surface area contributed by atoms with Crippen LogP contribution in [0.5, 0.6) is 17.2 Å². The van der Waals surface area contributed by atoms with Gasteiger partial charge in [-0.05, 0) is 71.3 Å². The van der Waals surface area contributed by atoms with E-state index in [1.165, 1.54) is 0 Å². The highest BCUT2D eigenvalue weighted by atomic mass is 35.5. The average Bonchev–Trinajstić information content (AvgIpc) is 3.19. The van der Waals surface area contributed by atoms with Gasteiger partial charge in [-0.3, -0.25) is 29.7 Å². The van der Waals surface area contributed by atoms with Gasteiger partial charge in [0.25, 0.3) is 0 Å². The quantitative estimate of drug-likeness (QED) is 0.166. The number of aromatic nitrogens is 3.